The predicted octanol–water partition coefficient (Wildman–Crippen LogP) is 6.12. The summed E-state index contributed by atoms with van der Waals surface area (Å²) >= 11 is 0. The Morgan fingerprint density at radius 3 is 2.15 bits per heavy atom. The van der Waals surface area contributed by atoms with Crippen LogP contribution in [0.15, 0.2) is 48.7 Å². The van der Waals surface area contributed by atoms with E-state index in [9.17, 15) is 0 Å². The van der Waals surface area contributed by atoms with E-state index < -0.39 is 0 Å². The van der Waals surface area contributed by atoms with Crippen LogP contribution in [0, 0.1) is 0 Å². The van der Waals surface area contributed by atoms with Crippen LogP contribution >= 0.6 is 0 Å². The van der Waals surface area contributed by atoms with Gasteiger partial charge in [-0.1, -0.05) is 57.7 Å². The van der Waals surface area contributed by atoms with Gasteiger partial charge in [-0.15, -0.1) is 0 Å². The minimum Gasteiger partial charge on any atom is -0.341 e. The van der Waals surface area contributed by atoms with Crippen molar-refractivity contribution in [3.63, 3.8) is 0 Å². The van der Waals surface area contributed by atoms with Crippen LogP contribution in [0.5, 0.6) is 0 Å². The molecule has 0 spiro atoms. The third-order valence-electron chi connectivity index (χ3n) is 6.36. The first kappa shape index (κ1) is 23.3. The van der Waals surface area contributed by atoms with Crippen molar-refractivity contribution in [1.82, 2.24) is 19.5 Å². The van der Waals surface area contributed by atoms with Gasteiger partial charge in [-0.25, -0.2) is 0 Å². The average molecular weight is 447 g/mol. The fraction of sp³-hybridized carbons (Fsp3) is 0.519. The Balaban J connectivity index is 1.77. The van der Waals surface area contributed by atoms with E-state index in [4.69, 9.17) is 15.0 Å². The lowest BCUT2D eigenvalue weighted by atomic mass is 10.2. The largest absolute Gasteiger partial charge is 0.341 e. The van der Waals surface area contributed by atoms with Gasteiger partial charge in [0.05, 0.1) is 5.69 Å². The Hall–Kier alpha value is -2.89. The fourth-order valence-corrected chi connectivity index (χ4v) is 4.41. The lowest BCUT2D eigenvalue weighted by Crippen LogP contribution is -2.31. The molecule has 0 bridgehead atoms. The highest BCUT2D eigenvalue weighted by molar-refractivity contribution is 5.59. The van der Waals surface area contributed by atoms with Crippen LogP contribution in [0.1, 0.15) is 65.2 Å². The fourth-order valence-electron chi connectivity index (χ4n) is 4.41. The summed E-state index contributed by atoms with van der Waals surface area (Å²) in [5.41, 5.74) is 2.12. The van der Waals surface area contributed by atoms with Gasteiger partial charge in [0.2, 0.25) is 11.9 Å². The van der Waals surface area contributed by atoms with Crippen molar-refractivity contribution in [1.29, 1.82) is 0 Å². The number of anilines is 2. The first-order valence-electron chi connectivity index (χ1n) is 12.8. The van der Waals surface area contributed by atoms with Crippen molar-refractivity contribution in [2.75, 3.05) is 36.0 Å². The molecule has 6 nitrogen and oxygen atoms in total. The Morgan fingerprint density at radius 1 is 0.788 bits per heavy atom. The average Bonchev–Trinajstić information content (AvgIpc) is 3.19. The monoisotopic (exact) mass is 446 g/mol. The molecule has 3 heterocycles. The predicted molar refractivity (Wildman–Crippen MR) is 137 cm³/mol. The first-order chi connectivity index (χ1) is 16.3. The Labute approximate surface area is 198 Å². The molecule has 0 unspecified atom stereocenters. The smallest absolute Gasteiger partial charge is 0.230 e. The summed E-state index contributed by atoms with van der Waals surface area (Å²) in [6.07, 6.45) is 11.7. The van der Waals surface area contributed by atoms with Crippen LogP contribution in [0.3, 0.4) is 0 Å². The molecule has 3 aromatic rings. The van der Waals surface area contributed by atoms with Gasteiger partial charge in [-0.3, -0.25) is 0 Å². The van der Waals surface area contributed by atoms with E-state index in [2.05, 4.69) is 70.8 Å². The van der Waals surface area contributed by atoms with E-state index >= 15 is 0 Å². The van der Waals surface area contributed by atoms with Gasteiger partial charge >= 0.3 is 0 Å². The molecule has 0 amide bonds. The van der Waals surface area contributed by atoms with E-state index in [1.165, 1.54) is 25.7 Å². The quantitative estimate of drug-likeness (QED) is 0.376. The third kappa shape index (κ3) is 5.92. The highest BCUT2D eigenvalue weighted by Crippen LogP contribution is 2.26. The lowest BCUT2D eigenvalue weighted by molar-refractivity contribution is 0.658. The van der Waals surface area contributed by atoms with Crippen LogP contribution in [0.2, 0.25) is 0 Å². The maximum atomic E-state index is 5.04. The maximum absolute atomic E-state index is 5.04. The zero-order valence-corrected chi connectivity index (χ0v) is 20.3. The summed E-state index contributed by atoms with van der Waals surface area (Å²) in [5.74, 6) is 2.41. The molecule has 0 saturated carbocycles. The summed E-state index contributed by atoms with van der Waals surface area (Å²) in [7, 11) is 0. The second kappa shape index (κ2) is 11.8. The number of nitrogens with zero attached hydrogens (tertiary/aromatic N) is 6. The van der Waals surface area contributed by atoms with Gasteiger partial charge in [0.15, 0.2) is 5.82 Å². The number of aromatic nitrogens is 4. The molecular formula is C27H38N6. The van der Waals surface area contributed by atoms with E-state index in [0.29, 0.717) is 0 Å². The number of benzene rings is 1. The minimum absolute atomic E-state index is 0.756. The maximum Gasteiger partial charge on any atom is 0.230 e. The molecule has 176 valence electrons. The Bertz CT molecular complexity index is 967. The lowest BCUT2D eigenvalue weighted by Gasteiger charge is -2.26. The molecule has 0 N–H and O–H groups in total. The van der Waals surface area contributed by atoms with E-state index in [0.717, 1.165) is 81.0 Å². The molecule has 0 atom stereocenters. The standard InChI is InChI=1S/C27H38N6/c1-3-5-18-31(19-6-4-2)26-28-25(29-27(30-26)32-20-12-7-8-13-21-32)24-17-14-22-33(24)23-15-10-9-11-16-23/h9-11,14-17,22H,3-8,12-13,18-21H2,1-2H3. The summed E-state index contributed by atoms with van der Waals surface area (Å²) in [6.45, 7) is 8.50. The van der Waals surface area contributed by atoms with E-state index in [1.807, 2.05) is 6.07 Å². The molecule has 6 heteroatoms. The minimum atomic E-state index is 0.756. The van der Waals surface area contributed by atoms with Gasteiger partial charge in [0, 0.05) is 38.1 Å². The molecule has 1 saturated heterocycles. The molecule has 1 aliphatic rings. The normalized spacial score (nSPS) is 14.3. The molecule has 2 aromatic heterocycles. The Kier molecular flexibility index (Phi) is 8.34. The zero-order chi connectivity index (χ0) is 22.9. The van der Waals surface area contributed by atoms with Gasteiger partial charge < -0.3 is 14.4 Å². The van der Waals surface area contributed by atoms with Crippen LogP contribution in [-0.2, 0) is 0 Å². The summed E-state index contributed by atoms with van der Waals surface area (Å²) in [6, 6.07) is 14.6. The first-order valence-corrected chi connectivity index (χ1v) is 12.8. The summed E-state index contributed by atoms with van der Waals surface area (Å²) in [5, 5.41) is 0. The second-order valence-electron chi connectivity index (χ2n) is 8.95. The number of rotatable bonds is 10. The number of hydrogen-bond acceptors (Lipinski definition) is 5. The highest BCUT2D eigenvalue weighted by atomic mass is 15.3. The molecule has 33 heavy (non-hydrogen) atoms. The van der Waals surface area contributed by atoms with Gasteiger partial charge in [0.1, 0.15) is 0 Å². The van der Waals surface area contributed by atoms with Gasteiger partial charge in [-0.05, 0) is 49.9 Å². The number of unbranched alkanes of at least 4 members (excludes halogenated alkanes) is 2. The number of para-hydroxylation sites is 1. The zero-order valence-electron chi connectivity index (χ0n) is 20.3. The molecule has 0 radical (unpaired) electrons. The van der Waals surface area contributed by atoms with Crippen molar-refractivity contribution in [3.8, 4) is 17.2 Å². The Morgan fingerprint density at radius 2 is 1.48 bits per heavy atom. The SMILES string of the molecule is CCCCN(CCCC)c1nc(-c2cccn2-c2ccccc2)nc(N2CCCCCC2)n1. The molecule has 1 aliphatic heterocycles. The van der Waals surface area contributed by atoms with Crippen molar-refractivity contribution in [2.45, 2.75) is 65.2 Å². The van der Waals surface area contributed by atoms with Crippen LogP contribution in [0.25, 0.3) is 17.2 Å². The third-order valence-corrected chi connectivity index (χ3v) is 6.36. The summed E-state index contributed by atoms with van der Waals surface area (Å²) < 4.78 is 2.17. The van der Waals surface area contributed by atoms with Crippen LogP contribution in [0.4, 0.5) is 11.9 Å². The van der Waals surface area contributed by atoms with Crippen LogP contribution < -0.4 is 9.80 Å². The molecule has 1 aromatic carbocycles. The van der Waals surface area contributed by atoms with Gasteiger partial charge in [-0.2, -0.15) is 15.0 Å². The van der Waals surface area contributed by atoms with Gasteiger partial charge in [0.25, 0.3) is 0 Å². The number of hydrogen-bond donors (Lipinski definition) is 0. The topological polar surface area (TPSA) is 50.1 Å². The van der Waals surface area contributed by atoms with Crippen molar-refractivity contribution in [3.05, 3.63) is 48.7 Å². The van der Waals surface area contributed by atoms with E-state index in [-0.39, 0.29) is 0 Å². The molecule has 0 aliphatic carbocycles. The van der Waals surface area contributed by atoms with Crippen molar-refractivity contribution in [2.24, 2.45) is 0 Å². The van der Waals surface area contributed by atoms with Crippen LogP contribution in [-0.4, -0.2) is 45.7 Å². The van der Waals surface area contributed by atoms with Crippen molar-refractivity contribution >= 4 is 11.9 Å². The molecule has 1 fully saturated rings. The van der Waals surface area contributed by atoms with Crippen molar-refractivity contribution < 1.29 is 0 Å². The summed E-state index contributed by atoms with van der Waals surface area (Å²) in [4.78, 5) is 19.8. The molecule has 4 rings (SSSR count). The second-order valence-corrected chi connectivity index (χ2v) is 8.95. The molecular weight excluding hydrogens is 408 g/mol. The highest BCUT2D eigenvalue weighted by Gasteiger charge is 2.20. The van der Waals surface area contributed by atoms with E-state index in [1.54, 1.807) is 0 Å².